The first-order chi connectivity index (χ1) is 14.4. The quantitative estimate of drug-likeness (QED) is 0.494. The van der Waals surface area contributed by atoms with Gasteiger partial charge >= 0.3 is 0 Å². The predicted molar refractivity (Wildman–Crippen MR) is 116 cm³/mol. The lowest BCUT2D eigenvalue weighted by Crippen LogP contribution is -2.25. The molecular formula is C22H28N4O3S. The van der Waals surface area contributed by atoms with Crippen LogP contribution in [0, 0.1) is 0 Å². The molecule has 0 aliphatic heterocycles. The van der Waals surface area contributed by atoms with Gasteiger partial charge in [0.05, 0.1) is 36.5 Å². The second-order valence-corrected chi connectivity index (χ2v) is 9.26. The van der Waals surface area contributed by atoms with E-state index in [2.05, 4.69) is 21.8 Å². The van der Waals surface area contributed by atoms with E-state index >= 15 is 0 Å². The number of hydrogen-bond acceptors (Lipinski definition) is 6. The van der Waals surface area contributed by atoms with Crippen molar-refractivity contribution >= 4 is 9.84 Å². The van der Waals surface area contributed by atoms with Gasteiger partial charge in [-0.1, -0.05) is 36.4 Å². The third-order valence-corrected chi connectivity index (χ3v) is 6.69. The highest BCUT2D eigenvalue weighted by Gasteiger charge is 2.24. The van der Waals surface area contributed by atoms with Crippen molar-refractivity contribution in [2.24, 2.45) is 0 Å². The summed E-state index contributed by atoms with van der Waals surface area (Å²) in [5, 5.41) is 0.0808. The molecule has 2 aromatic heterocycles. The van der Waals surface area contributed by atoms with Crippen molar-refractivity contribution in [2.45, 2.75) is 31.2 Å². The number of rotatable bonds is 10. The fraction of sp³-hybridized carbons (Fsp3) is 0.364. The zero-order chi connectivity index (χ0) is 21.6. The lowest BCUT2D eigenvalue weighted by molar-refractivity contribution is 0.217. The van der Waals surface area contributed by atoms with Crippen molar-refractivity contribution in [3.05, 3.63) is 77.9 Å². The number of ether oxygens (including phenoxy) is 1. The maximum Gasteiger partial charge on any atom is 0.228 e. The van der Waals surface area contributed by atoms with Crippen LogP contribution in [-0.2, 0) is 27.7 Å². The Morgan fingerprint density at radius 2 is 1.83 bits per heavy atom. The molecule has 0 spiro atoms. The molecule has 0 saturated heterocycles. The van der Waals surface area contributed by atoms with Crippen molar-refractivity contribution in [3.63, 3.8) is 0 Å². The monoisotopic (exact) mass is 428 g/mol. The summed E-state index contributed by atoms with van der Waals surface area (Å²) >= 11 is 0. The van der Waals surface area contributed by atoms with Crippen molar-refractivity contribution in [1.29, 1.82) is 0 Å². The Labute approximate surface area is 178 Å². The number of hydrogen-bond donors (Lipinski definition) is 0. The van der Waals surface area contributed by atoms with Gasteiger partial charge in [0.25, 0.3) is 0 Å². The van der Waals surface area contributed by atoms with Gasteiger partial charge in [-0.2, -0.15) is 0 Å². The van der Waals surface area contributed by atoms with Crippen molar-refractivity contribution in [3.8, 4) is 0 Å². The Morgan fingerprint density at radius 3 is 2.50 bits per heavy atom. The maximum atomic E-state index is 12.9. The first kappa shape index (κ1) is 22.1. The van der Waals surface area contributed by atoms with Gasteiger partial charge in [-0.25, -0.2) is 13.4 Å². The van der Waals surface area contributed by atoms with Crippen LogP contribution < -0.4 is 0 Å². The fourth-order valence-corrected chi connectivity index (χ4v) is 4.53. The van der Waals surface area contributed by atoms with Crippen molar-refractivity contribution in [2.75, 3.05) is 26.5 Å². The molecule has 2 heterocycles. The minimum Gasteiger partial charge on any atom is -0.384 e. The van der Waals surface area contributed by atoms with E-state index in [4.69, 9.17) is 4.74 Å². The Bertz CT molecular complexity index is 1040. The standard InChI is InChI=1S/C22H28N4O3S/c1-18(21-11-7-8-12-23-21)25(2)17-20-15-24-22(30(27,28)14-13-29-3)26(20)16-19-9-5-4-6-10-19/h4-12,15,18H,13-14,16-17H2,1-3H3/t18-/m0/s1. The van der Waals surface area contributed by atoms with Gasteiger partial charge in [0.1, 0.15) is 0 Å². The molecule has 0 bridgehead atoms. The molecule has 0 saturated carbocycles. The zero-order valence-corrected chi connectivity index (χ0v) is 18.4. The summed E-state index contributed by atoms with van der Waals surface area (Å²) < 4.78 is 32.5. The Balaban J connectivity index is 1.91. The second-order valence-electron chi connectivity index (χ2n) is 7.26. The molecule has 7 nitrogen and oxygen atoms in total. The van der Waals surface area contributed by atoms with Crippen molar-refractivity contribution in [1.82, 2.24) is 19.4 Å². The van der Waals surface area contributed by atoms with Crippen molar-refractivity contribution < 1.29 is 13.2 Å². The number of aromatic nitrogens is 3. The van der Waals surface area contributed by atoms with E-state index in [-0.39, 0.29) is 23.6 Å². The Kier molecular flexibility index (Phi) is 7.36. The van der Waals surface area contributed by atoms with Crippen LogP contribution in [-0.4, -0.2) is 54.4 Å². The van der Waals surface area contributed by atoms with E-state index in [1.807, 2.05) is 55.6 Å². The van der Waals surface area contributed by atoms with Crippen LogP contribution in [0.4, 0.5) is 0 Å². The highest BCUT2D eigenvalue weighted by Crippen LogP contribution is 2.22. The van der Waals surface area contributed by atoms with E-state index in [1.54, 1.807) is 17.0 Å². The van der Waals surface area contributed by atoms with Crippen LogP contribution in [0.1, 0.15) is 29.9 Å². The zero-order valence-electron chi connectivity index (χ0n) is 17.6. The molecule has 0 radical (unpaired) electrons. The van der Waals surface area contributed by atoms with Gasteiger partial charge in [0.15, 0.2) is 0 Å². The molecule has 0 amide bonds. The van der Waals surface area contributed by atoms with Gasteiger partial charge in [0, 0.05) is 25.9 Å². The largest absolute Gasteiger partial charge is 0.384 e. The predicted octanol–water partition coefficient (Wildman–Crippen LogP) is 2.94. The van der Waals surface area contributed by atoms with Crippen LogP contribution in [0.5, 0.6) is 0 Å². The number of imidazole rings is 1. The summed E-state index contributed by atoms with van der Waals surface area (Å²) in [7, 11) is -0.0748. The molecule has 3 rings (SSSR count). The fourth-order valence-electron chi connectivity index (χ4n) is 3.23. The van der Waals surface area contributed by atoms with Crippen LogP contribution in [0.3, 0.4) is 0 Å². The summed E-state index contributed by atoms with van der Waals surface area (Å²) in [6.07, 6.45) is 3.43. The average Bonchev–Trinajstić information content (AvgIpc) is 3.16. The van der Waals surface area contributed by atoms with Gasteiger partial charge in [-0.3, -0.25) is 9.88 Å². The third-order valence-electron chi connectivity index (χ3n) is 5.11. The molecule has 1 atom stereocenters. The van der Waals surface area contributed by atoms with Gasteiger partial charge < -0.3 is 9.30 Å². The molecule has 0 aliphatic carbocycles. The molecule has 8 heteroatoms. The molecule has 1 aromatic carbocycles. The van der Waals surface area contributed by atoms with Gasteiger partial charge in [0.2, 0.25) is 15.0 Å². The normalized spacial score (nSPS) is 12.9. The minimum absolute atomic E-state index is 0.0693. The third kappa shape index (κ3) is 5.33. The lowest BCUT2D eigenvalue weighted by Gasteiger charge is -2.25. The summed E-state index contributed by atoms with van der Waals surface area (Å²) in [6, 6.07) is 15.7. The molecule has 0 aliphatic rings. The van der Waals surface area contributed by atoms with E-state index in [0.717, 1.165) is 17.0 Å². The average molecular weight is 429 g/mol. The second kappa shape index (κ2) is 9.97. The number of nitrogens with zero attached hydrogens (tertiary/aromatic N) is 4. The lowest BCUT2D eigenvalue weighted by atomic mass is 10.2. The van der Waals surface area contributed by atoms with E-state index < -0.39 is 9.84 Å². The summed E-state index contributed by atoms with van der Waals surface area (Å²) in [4.78, 5) is 10.9. The van der Waals surface area contributed by atoms with Gasteiger partial charge in [-0.05, 0) is 31.7 Å². The highest BCUT2D eigenvalue weighted by molar-refractivity contribution is 7.91. The molecular weight excluding hydrogens is 400 g/mol. The smallest absolute Gasteiger partial charge is 0.228 e. The maximum absolute atomic E-state index is 12.9. The summed E-state index contributed by atoms with van der Waals surface area (Å²) in [5.74, 6) is -0.102. The molecule has 160 valence electrons. The summed E-state index contributed by atoms with van der Waals surface area (Å²) in [5.41, 5.74) is 2.81. The number of benzene rings is 1. The Hall–Kier alpha value is -2.55. The van der Waals surface area contributed by atoms with Crippen LogP contribution in [0.15, 0.2) is 66.1 Å². The van der Waals surface area contributed by atoms with E-state index in [9.17, 15) is 8.42 Å². The van der Waals surface area contributed by atoms with Crippen LogP contribution in [0.25, 0.3) is 0 Å². The molecule has 0 unspecified atom stereocenters. The number of methoxy groups -OCH3 is 1. The van der Waals surface area contributed by atoms with Crippen LogP contribution >= 0.6 is 0 Å². The number of pyridine rings is 1. The summed E-state index contributed by atoms with van der Waals surface area (Å²) in [6.45, 7) is 3.18. The highest BCUT2D eigenvalue weighted by atomic mass is 32.2. The molecule has 3 aromatic rings. The number of sulfone groups is 1. The minimum atomic E-state index is -3.56. The molecule has 0 N–H and O–H groups in total. The van der Waals surface area contributed by atoms with Gasteiger partial charge in [-0.15, -0.1) is 0 Å². The topological polar surface area (TPSA) is 77.3 Å². The molecule has 30 heavy (non-hydrogen) atoms. The van der Waals surface area contributed by atoms with Crippen LogP contribution in [0.2, 0.25) is 0 Å². The van der Waals surface area contributed by atoms with E-state index in [1.165, 1.54) is 7.11 Å². The first-order valence-electron chi connectivity index (χ1n) is 9.83. The molecule has 0 fully saturated rings. The Morgan fingerprint density at radius 1 is 1.10 bits per heavy atom. The SMILES string of the molecule is COCCS(=O)(=O)c1ncc(CN(C)[C@@H](C)c2ccccn2)n1Cc1ccccc1. The van der Waals surface area contributed by atoms with E-state index in [0.29, 0.717) is 13.1 Å². The first-order valence-corrected chi connectivity index (χ1v) is 11.5.